The van der Waals surface area contributed by atoms with Crippen molar-refractivity contribution < 1.29 is 14.9 Å². The molecule has 0 aromatic rings. The van der Waals surface area contributed by atoms with Crippen LogP contribution in [0.25, 0.3) is 0 Å². The minimum absolute atomic E-state index is 0.226. The van der Waals surface area contributed by atoms with Gasteiger partial charge in [0.1, 0.15) is 13.0 Å². The lowest BCUT2D eigenvalue weighted by Gasteiger charge is -2.33. The summed E-state index contributed by atoms with van der Waals surface area (Å²) in [4.78, 5) is 1.43. The van der Waals surface area contributed by atoms with E-state index in [9.17, 15) is 10.2 Å². The van der Waals surface area contributed by atoms with Crippen molar-refractivity contribution >= 4 is 8.07 Å². The second-order valence-corrected chi connectivity index (χ2v) is 10.8. The van der Waals surface area contributed by atoms with E-state index in [0.717, 1.165) is 6.04 Å². The van der Waals surface area contributed by atoms with Gasteiger partial charge in [-0.1, -0.05) is 19.6 Å². The molecular weight excluding hydrogens is 224 g/mol. The molecule has 1 aliphatic heterocycles. The highest BCUT2D eigenvalue weighted by molar-refractivity contribution is 6.76. The predicted molar refractivity (Wildman–Crippen MR) is 65.1 cm³/mol. The van der Waals surface area contributed by atoms with Gasteiger partial charge in [0.15, 0.2) is 6.35 Å². The SMILES string of the molecule is C[Si](C)(C)CCOCN1C(O)C=CNC1O. The molecule has 3 N–H and O–H groups in total. The third-order valence-electron chi connectivity index (χ3n) is 2.40. The number of hydrogen-bond donors (Lipinski definition) is 3. The van der Waals surface area contributed by atoms with Crippen molar-refractivity contribution in [3.8, 4) is 0 Å². The molecule has 0 amide bonds. The van der Waals surface area contributed by atoms with Crippen LogP contribution in [0.1, 0.15) is 0 Å². The van der Waals surface area contributed by atoms with Crippen molar-refractivity contribution in [3.05, 3.63) is 12.3 Å². The van der Waals surface area contributed by atoms with Gasteiger partial charge in [-0.15, -0.1) is 0 Å². The Hall–Kier alpha value is -0.403. The summed E-state index contributed by atoms with van der Waals surface area (Å²) >= 11 is 0. The van der Waals surface area contributed by atoms with E-state index in [1.54, 1.807) is 6.08 Å². The Kier molecular flexibility index (Phi) is 4.94. The van der Waals surface area contributed by atoms with Crippen LogP contribution >= 0.6 is 0 Å². The molecule has 6 heteroatoms. The van der Waals surface area contributed by atoms with E-state index in [-0.39, 0.29) is 6.73 Å². The number of ether oxygens (including phenoxy) is 1. The van der Waals surface area contributed by atoms with Gasteiger partial charge < -0.3 is 20.3 Å². The van der Waals surface area contributed by atoms with E-state index in [4.69, 9.17) is 4.74 Å². The van der Waals surface area contributed by atoms with Gasteiger partial charge in [0, 0.05) is 14.7 Å². The summed E-state index contributed by atoms with van der Waals surface area (Å²) in [5.41, 5.74) is 0. The molecule has 0 saturated heterocycles. The number of aliphatic hydroxyl groups is 2. The Morgan fingerprint density at radius 1 is 1.38 bits per heavy atom. The molecule has 0 fully saturated rings. The molecule has 94 valence electrons. The zero-order valence-electron chi connectivity index (χ0n) is 10.2. The molecule has 16 heavy (non-hydrogen) atoms. The largest absolute Gasteiger partial charge is 0.374 e. The number of aliphatic hydroxyl groups excluding tert-OH is 2. The fourth-order valence-corrected chi connectivity index (χ4v) is 2.03. The molecule has 0 bridgehead atoms. The van der Waals surface area contributed by atoms with E-state index in [1.165, 1.54) is 11.1 Å². The van der Waals surface area contributed by atoms with Gasteiger partial charge in [0.05, 0.1) is 0 Å². The van der Waals surface area contributed by atoms with E-state index in [1.807, 2.05) is 0 Å². The lowest BCUT2D eigenvalue weighted by atomic mass is 10.4. The Bertz CT molecular complexity index is 243. The van der Waals surface area contributed by atoms with Crippen LogP contribution < -0.4 is 5.32 Å². The molecule has 0 spiro atoms. The fourth-order valence-electron chi connectivity index (χ4n) is 1.27. The molecule has 1 heterocycles. The molecule has 2 unspecified atom stereocenters. The normalized spacial score (nSPS) is 26.8. The summed E-state index contributed by atoms with van der Waals surface area (Å²) in [6, 6.07) is 1.08. The molecule has 0 saturated carbocycles. The van der Waals surface area contributed by atoms with Crippen molar-refractivity contribution in [3.63, 3.8) is 0 Å². The molecule has 0 aromatic carbocycles. The standard InChI is InChI=1S/C10H22N2O3Si/c1-16(2,3)7-6-15-8-12-9(13)4-5-11-10(12)14/h4-5,9-11,13-14H,6-8H2,1-3H3. The molecule has 2 atom stereocenters. The topological polar surface area (TPSA) is 65.0 Å². The highest BCUT2D eigenvalue weighted by atomic mass is 28.3. The van der Waals surface area contributed by atoms with Crippen LogP contribution in [-0.4, -0.2) is 49.1 Å². The number of hydrogen-bond acceptors (Lipinski definition) is 5. The van der Waals surface area contributed by atoms with Crippen molar-refractivity contribution in [1.29, 1.82) is 0 Å². The minimum atomic E-state index is -1.08. The van der Waals surface area contributed by atoms with Crippen LogP contribution in [0.4, 0.5) is 0 Å². The van der Waals surface area contributed by atoms with Crippen molar-refractivity contribution in [1.82, 2.24) is 10.2 Å². The first-order chi connectivity index (χ1) is 7.40. The van der Waals surface area contributed by atoms with Crippen LogP contribution in [0.2, 0.25) is 25.7 Å². The average Bonchev–Trinajstić information content (AvgIpc) is 2.14. The van der Waals surface area contributed by atoms with Crippen LogP contribution in [0.3, 0.4) is 0 Å². The molecule has 0 aromatic heterocycles. The zero-order chi connectivity index (χ0) is 12.2. The summed E-state index contributed by atoms with van der Waals surface area (Å²) < 4.78 is 5.46. The Morgan fingerprint density at radius 2 is 2.06 bits per heavy atom. The third kappa shape index (κ3) is 4.63. The van der Waals surface area contributed by atoms with Gasteiger partial charge in [0.25, 0.3) is 0 Å². The van der Waals surface area contributed by atoms with Crippen molar-refractivity contribution in [2.45, 2.75) is 38.3 Å². The lowest BCUT2D eigenvalue weighted by Crippen LogP contribution is -2.52. The zero-order valence-corrected chi connectivity index (χ0v) is 11.2. The van der Waals surface area contributed by atoms with Gasteiger partial charge in [0.2, 0.25) is 0 Å². The molecule has 0 radical (unpaired) electrons. The number of rotatable bonds is 5. The van der Waals surface area contributed by atoms with Crippen LogP contribution in [0.15, 0.2) is 12.3 Å². The monoisotopic (exact) mass is 246 g/mol. The van der Waals surface area contributed by atoms with Crippen LogP contribution in [0, 0.1) is 0 Å². The lowest BCUT2D eigenvalue weighted by molar-refractivity contribution is -0.147. The first-order valence-corrected chi connectivity index (χ1v) is 9.23. The molecule has 5 nitrogen and oxygen atoms in total. The maximum Gasteiger partial charge on any atom is 0.187 e. The summed E-state index contributed by atoms with van der Waals surface area (Å²) in [5.74, 6) is 0. The Labute approximate surface area is 97.7 Å². The highest BCUT2D eigenvalue weighted by Crippen LogP contribution is 2.10. The first-order valence-electron chi connectivity index (χ1n) is 5.52. The molecule has 1 aliphatic rings. The number of nitrogens with one attached hydrogen (secondary N) is 1. The number of nitrogens with zero attached hydrogens (tertiary/aromatic N) is 1. The predicted octanol–water partition coefficient (Wildman–Crippen LogP) is 0.312. The first kappa shape index (κ1) is 13.7. The maximum absolute atomic E-state index is 9.57. The quantitative estimate of drug-likeness (QED) is 0.481. The van der Waals surface area contributed by atoms with E-state index in [2.05, 4.69) is 25.0 Å². The minimum Gasteiger partial charge on any atom is -0.374 e. The van der Waals surface area contributed by atoms with Gasteiger partial charge in [-0.3, -0.25) is 0 Å². The smallest absolute Gasteiger partial charge is 0.187 e. The third-order valence-corrected chi connectivity index (χ3v) is 4.11. The molecule has 1 rings (SSSR count). The van der Waals surface area contributed by atoms with Gasteiger partial charge in [-0.25, -0.2) is 4.90 Å². The van der Waals surface area contributed by atoms with E-state index < -0.39 is 20.7 Å². The summed E-state index contributed by atoms with van der Waals surface area (Å²) in [6.45, 7) is 7.75. The second-order valence-electron chi connectivity index (χ2n) is 5.18. The van der Waals surface area contributed by atoms with Gasteiger partial charge in [-0.2, -0.15) is 0 Å². The molecular formula is C10H22N2O3Si. The van der Waals surface area contributed by atoms with Gasteiger partial charge >= 0.3 is 0 Å². The highest BCUT2D eigenvalue weighted by Gasteiger charge is 2.24. The summed E-state index contributed by atoms with van der Waals surface area (Å²) in [7, 11) is -1.08. The Morgan fingerprint density at radius 3 is 2.62 bits per heavy atom. The van der Waals surface area contributed by atoms with Gasteiger partial charge in [-0.05, 0) is 18.3 Å². The molecule has 0 aliphatic carbocycles. The van der Waals surface area contributed by atoms with Crippen molar-refractivity contribution in [2.75, 3.05) is 13.3 Å². The van der Waals surface area contributed by atoms with Crippen molar-refractivity contribution in [2.24, 2.45) is 0 Å². The summed E-state index contributed by atoms with van der Waals surface area (Å²) in [6.07, 6.45) is 1.43. The summed E-state index contributed by atoms with van der Waals surface area (Å²) in [5, 5.41) is 21.8. The Balaban J connectivity index is 2.24. The van der Waals surface area contributed by atoms with E-state index in [0.29, 0.717) is 6.61 Å². The van der Waals surface area contributed by atoms with Crippen LogP contribution in [-0.2, 0) is 4.74 Å². The fraction of sp³-hybridized carbons (Fsp3) is 0.800. The maximum atomic E-state index is 9.57. The van der Waals surface area contributed by atoms with Crippen LogP contribution in [0.5, 0.6) is 0 Å². The average molecular weight is 246 g/mol. The van der Waals surface area contributed by atoms with E-state index >= 15 is 0 Å². The second kappa shape index (κ2) is 5.79.